The number of hydrogen-bond donors (Lipinski definition) is 1. The van der Waals surface area contributed by atoms with Gasteiger partial charge in [-0.2, -0.15) is 0 Å². The molecule has 0 unspecified atom stereocenters. The Morgan fingerprint density at radius 2 is 1.80 bits per heavy atom. The number of aryl methyl sites for hydroxylation is 2. The number of aromatic nitrogens is 1. The van der Waals surface area contributed by atoms with Crippen LogP contribution in [-0.2, 0) is 6.42 Å². The van der Waals surface area contributed by atoms with Gasteiger partial charge in [-0.3, -0.25) is 0 Å². The number of halogens is 1. The number of benzene rings is 1. The van der Waals surface area contributed by atoms with E-state index in [1.165, 1.54) is 27.8 Å². The molecule has 0 fully saturated rings. The van der Waals surface area contributed by atoms with Crippen LogP contribution in [0, 0.1) is 27.7 Å². The van der Waals surface area contributed by atoms with Crippen LogP contribution in [0.1, 0.15) is 27.8 Å². The molecule has 0 amide bonds. The third-order valence-electron chi connectivity index (χ3n) is 3.92. The predicted molar refractivity (Wildman–Crippen MR) is 89.5 cm³/mol. The Kier molecular flexibility index (Phi) is 4.81. The molecule has 0 saturated carbocycles. The lowest BCUT2D eigenvalue weighted by Gasteiger charge is -2.12. The Bertz CT molecular complexity index is 621. The summed E-state index contributed by atoms with van der Waals surface area (Å²) in [6.45, 7) is 9.54. The molecule has 20 heavy (non-hydrogen) atoms. The van der Waals surface area contributed by atoms with Crippen LogP contribution in [0.15, 0.2) is 28.9 Å². The fourth-order valence-corrected chi connectivity index (χ4v) is 2.46. The first kappa shape index (κ1) is 15.0. The first-order valence-electron chi connectivity index (χ1n) is 6.90. The summed E-state index contributed by atoms with van der Waals surface area (Å²) in [5, 5.41) is 3.39. The van der Waals surface area contributed by atoms with Gasteiger partial charge in [0.05, 0.1) is 0 Å². The molecule has 0 aliphatic heterocycles. The van der Waals surface area contributed by atoms with E-state index < -0.39 is 0 Å². The Morgan fingerprint density at radius 3 is 2.50 bits per heavy atom. The van der Waals surface area contributed by atoms with Crippen molar-refractivity contribution < 1.29 is 0 Å². The summed E-state index contributed by atoms with van der Waals surface area (Å²) in [4.78, 5) is 4.37. The average Bonchev–Trinajstić information content (AvgIpc) is 2.43. The third kappa shape index (κ3) is 3.40. The Morgan fingerprint density at radius 1 is 1.05 bits per heavy atom. The molecular weight excluding hydrogens is 312 g/mol. The minimum atomic E-state index is 0.900. The number of rotatable bonds is 4. The quantitative estimate of drug-likeness (QED) is 0.875. The molecular formula is C17H21BrN2. The molecule has 106 valence electrons. The second-order valence-corrected chi connectivity index (χ2v) is 6.14. The molecule has 1 aromatic carbocycles. The van der Waals surface area contributed by atoms with Gasteiger partial charge < -0.3 is 5.32 Å². The van der Waals surface area contributed by atoms with Crippen LogP contribution >= 0.6 is 15.9 Å². The normalized spacial score (nSPS) is 10.7. The maximum absolute atomic E-state index is 4.37. The summed E-state index contributed by atoms with van der Waals surface area (Å²) in [5.74, 6) is 0.937. The van der Waals surface area contributed by atoms with Gasteiger partial charge in [-0.1, -0.05) is 12.1 Å². The Labute approximate surface area is 129 Å². The van der Waals surface area contributed by atoms with Crippen molar-refractivity contribution in [1.29, 1.82) is 0 Å². The van der Waals surface area contributed by atoms with Crippen molar-refractivity contribution in [3.63, 3.8) is 0 Å². The highest BCUT2D eigenvalue weighted by Crippen LogP contribution is 2.19. The maximum atomic E-state index is 4.37. The molecule has 2 rings (SSSR count). The highest BCUT2D eigenvalue weighted by Gasteiger charge is 2.04. The minimum Gasteiger partial charge on any atom is -0.370 e. The van der Waals surface area contributed by atoms with E-state index in [0.717, 1.165) is 23.3 Å². The predicted octanol–water partition coefficient (Wildman–Crippen LogP) is 4.73. The van der Waals surface area contributed by atoms with Gasteiger partial charge in [0.2, 0.25) is 0 Å². The van der Waals surface area contributed by atoms with E-state index in [2.05, 4.69) is 72.1 Å². The van der Waals surface area contributed by atoms with Gasteiger partial charge in [0, 0.05) is 17.2 Å². The monoisotopic (exact) mass is 332 g/mol. The van der Waals surface area contributed by atoms with Crippen LogP contribution in [0.3, 0.4) is 0 Å². The maximum Gasteiger partial charge on any atom is 0.126 e. The van der Waals surface area contributed by atoms with Crippen molar-refractivity contribution in [2.45, 2.75) is 34.1 Å². The van der Waals surface area contributed by atoms with Crippen LogP contribution in [0.25, 0.3) is 0 Å². The zero-order valence-corrected chi connectivity index (χ0v) is 14.1. The van der Waals surface area contributed by atoms with Crippen molar-refractivity contribution >= 4 is 21.7 Å². The van der Waals surface area contributed by atoms with Crippen molar-refractivity contribution in [1.82, 2.24) is 4.98 Å². The van der Waals surface area contributed by atoms with Crippen molar-refractivity contribution in [3.8, 4) is 0 Å². The van der Waals surface area contributed by atoms with Crippen molar-refractivity contribution in [3.05, 3.63) is 56.7 Å². The van der Waals surface area contributed by atoms with Crippen LogP contribution in [0.5, 0.6) is 0 Å². The number of nitrogens with zero attached hydrogens (tertiary/aromatic N) is 1. The molecule has 3 heteroatoms. The van der Waals surface area contributed by atoms with Crippen LogP contribution in [0.4, 0.5) is 5.82 Å². The van der Waals surface area contributed by atoms with Gasteiger partial charge in [0.15, 0.2) is 0 Å². The Hall–Kier alpha value is -1.35. The summed E-state index contributed by atoms with van der Waals surface area (Å²) in [7, 11) is 0. The molecule has 0 saturated heterocycles. The number of hydrogen-bond acceptors (Lipinski definition) is 2. The fourth-order valence-electron chi connectivity index (χ4n) is 2.24. The summed E-state index contributed by atoms with van der Waals surface area (Å²) in [6, 6.07) is 6.51. The molecule has 0 atom stereocenters. The highest BCUT2D eigenvalue weighted by molar-refractivity contribution is 9.10. The van der Waals surface area contributed by atoms with Gasteiger partial charge in [-0.05, 0) is 83.9 Å². The van der Waals surface area contributed by atoms with Gasteiger partial charge in [0.1, 0.15) is 5.82 Å². The third-order valence-corrected chi connectivity index (χ3v) is 4.75. The van der Waals surface area contributed by atoms with E-state index >= 15 is 0 Å². The van der Waals surface area contributed by atoms with Crippen LogP contribution in [0.2, 0.25) is 0 Å². The van der Waals surface area contributed by atoms with Gasteiger partial charge in [-0.25, -0.2) is 4.98 Å². The number of pyridine rings is 1. The van der Waals surface area contributed by atoms with Crippen LogP contribution in [-0.4, -0.2) is 11.5 Å². The zero-order valence-electron chi connectivity index (χ0n) is 12.5. The first-order chi connectivity index (χ1) is 9.49. The molecule has 0 aliphatic rings. The van der Waals surface area contributed by atoms with Crippen molar-refractivity contribution in [2.75, 3.05) is 11.9 Å². The molecule has 0 bridgehead atoms. The molecule has 0 aliphatic carbocycles. The Balaban J connectivity index is 1.99. The lowest BCUT2D eigenvalue weighted by Crippen LogP contribution is -2.08. The summed E-state index contributed by atoms with van der Waals surface area (Å²) < 4.78 is 1.05. The first-order valence-corrected chi connectivity index (χ1v) is 7.70. The summed E-state index contributed by atoms with van der Waals surface area (Å²) in [5.41, 5.74) is 6.79. The van der Waals surface area contributed by atoms with E-state index in [1.807, 2.05) is 6.20 Å². The van der Waals surface area contributed by atoms with E-state index in [9.17, 15) is 0 Å². The topological polar surface area (TPSA) is 24.9 Å². The molecule has 2 aromatic rings. The zero-order chi connectivity index (χ0) is 14.7. The molecule has 1 aromatic heterocycles. The average molecular weight is 333 g/mol. The lowest BCUT2D eigenvalue weighted by molar-refractivity contribution is 0.984. The van der Waals surface area contributed by atoms with Crippen LogP contribution < -0.4 is 5.32 Å². The molecule has 2 nitrogen and oxygen atoms in total. The summed E-state index contributed by atoms with van der Waals surface area (Å²) >= 11 is 3.47. The SMILES string of the molecule is Cc1cc(NCCc2ccc(C)c(C)c2C)ncc1Br. The molecule has 1 N–H and O–H groups in total. The van der Waals surface area contributed by atoms with Gasteiger partial charge >= 0.3 is 0 Å². The standard InChI is InChI=1S/C17H21BrN2/c1-11-5-6-15(14(4)13(11)3)7-8-19-17-9-12(2)16(18)10-20-17/h5-6,9-10H,7-8H2,1-4H3,(H,19,20). The number of anilines is 1. The molecule has 0 spiro atoms. The fraction of sp³-hybridized carbons (Fsp3) is 0.353. The highest BCUT2D eigenvalue weighted by atomic mass is 79.9. The molecule has 0 radical (unpaired) electrons. The largest absolute Gasteiger partial charge is 0.370 e. The second kappa shape index (κ2) is 6.40. The van der Waals surface area contributed by atoms with E-state index in [4.69, 9.17) is 0 Å². The van der Waals surface area contributed by atoms with E-state index in [-0.39, 0.29) is 0 Å². The van der Waals surface area contributed by atoms with Crippen molar-refractivity contribution in [2.24, 2.45) is 0 Å². The van der Waals surface area contributed by atoms with Gasteiger partial charge in [0.25, 0.3) is 0 Å². The van der Waals surface area contributed by atoms with E-state index in [1.54, 1.807) is 0 Å². The smallest absolute Gasteiger partial charge is 0.126 e. The summed E-state index contributed by atoms with van der Waals surface area (Å²) in [6.07, 6.45) is 2.86. The lowest BCUT2D eigenvalue weighted by atomic mass is 9.97. The number of nitrogens with one attached hydrogen (secondary N) is 1. The second-order valence-electron chi connectivity index (χ2n) is 5.29. The van der Waals surface area contributed by atoms with Gasteiger partial charge in [-0.15, -0.1) is 0 Å². The minimum absolute atomic E-state index is 0.900. The van der Waals surface area contributed by atoms with E-state index in [0.29, 0.717) is 0 Å². The molecule has 1 heterocycles.